The molecule has 1 N–H and O–H groups in total. The molecule has 0 aromatic carbocycles. The first-order valence-electron chi connectivity index (χ1n) is 16.2. The van der Waals surface area contributed by atoms with E-state index in [9.17, 15) is 14.4 Å². The lowest BCUT2D eigenvalue weighted by atomic mass is 9.93. The van der Waals surface area contributed by atoms with Crippen LogP contribution in [-0.2, 0) is 19.1 Å². The maximum Gasteiger partial charge on any atom is 0.243 e. The normalized spacial score (nSPS) is 16.6. The zero-order valence-electron chi connectivity index (χ0n) is 32.2. The number of nitrogens with one attached hydrogen (secondary N) is 1. The maximum atomic E-state index is 12.1. The van der Waals surface area contributed by atoms with E-state index in [0.29, 0.717) is 40.2 Å². The summed E-state index contributed by atoms with van der Waals surface area (Å²) >= 11 is 3.27. The molecule has 1 heterocycles. The van der Waals surface area contributed by atoms with E-state index < -0.39 is 5.54 Å². The SMILES string of the molecule is CC(C)(C)CCOCCNC(=O)CSCC(C)(C)C.CC(C)(C)SC1CC(=O)N(C(C)(C)C)C1=O.CC(C)(C)SSC(C)(C)C. The maximum absolute atomic E-state index is 12.1. The summed E-state index contributed by atoms with van der Waals surface area (Å²) in [4.78, 5) is 36.9. The number of hydrogen-bond acceptors (Lipinski definition) is 8. The van der Waals surface area contributed by atoms with Gasteiger partial charge in [-0.1, -0.05) is 125 Å². The number of hydrogen-bond donors (Lipinski definition) is 1. The Kier molecular flexibility index (Phi) is 20.8. The van der Waals surface area contributed by atoms with E-state index in [-0.39, 0.29) is 33.1 Å². The Hall–Kier alpha value is -0.0300. The van der Waals surface area contributed by atoms with Crippen LogP contribution in [-0.4, -0.2) is 78.9 Å². The first-order chi connectivity index (χ1) is 19.8. The van der Waals surface area contributed by atoms with Crippen LogP contribution in [0.1, 0.15) is 137 Å². The Labute approximate surface area is 295 Å². The molecule has 1 atom stereocenters. The van der Waals surface area contributed by atoms with Crippen LogP contribution >= 0.6 is 45.1 Å². The van der Waals surface area contributed by atoms with Crippen LogP contribution in [0.3, 0.4) is 0 Å². The molecule has 6 nitrogen and oxygen atoms in total. The van der Waals surface area contributed by atoms with Gasteiger partial charge in [-0.3, -0.25) is 19.3 Å². The van der Waals surface area contributed by atoms with E-state index >= 15 is 0 Å². The Balaban J connectivity index is 0. The number of rotatable bonds is 10. The summed E-state index contributed by atoms with van der Waals surface area (Å²) < 4.78 is 6.28. The zero-order valence-corrected chi connectivity index (χ0v) is 35.5. The van der Waals surface area contributed by atoms with E-state index in [1.807, 2.05) is 42.4 Å². The summed E-state index contributed by atoms with van der Waals surface area (Å²) in [5.41, 5.74) is 0.190. The fourth-order valence-electron chi connectivity index (χ4n) is 3.32. The number of nitrogens with zero attached hydrogens (tertiary/aromatic N) is 1. The molecule has 1 saturated heterocycles. The third kappa shape index (κ3) is 29.8. The predicted octanol–water partition coefficient (Wildman–Crippen LogP) is 9.74. The van der Waals surface area contributed by atoms with Gasteiger partial charge < -0.3 is 10.1 Å². The predicted molar refractivity (Wildman–Crippen MR) is 207 cm³/mol. The minimum Gasteiger partial charge on any atom is -0.380 e. The smallest absolute Gasteiger partial charge is 0.243 e. The van der Waals surface area contributed by atoms with Gasteiger partial charge in [0.2, 0.25) is 17.7 Å². The number of thioether (sulfide) groups is 2. The molecule has 3 amide bonds. The van der Waals surface area contributed by atoms with Crippen molar-refractivity contribution in [2.45, 2.75) is 162 Å². The molecule has 1 unspecified atom stereocenters. The lowest BCUT2D eigenvalue weighted by molar-refractivity contribution is -0.143. The second-order valence-corrected chi connectivity index (χ2v) is 24.7. The molecule has 0 saturated carbocycles. The number of amides is 3. The molecule has 0 aromatic heterocycles. The van der Waals surface area contributed by atoms with Crippen molar-refractivity contribution in [2.24, 2.45) is 10.8 Å². The van der Waals surface area contributed by atoms with Gasteiger partial charge in [-0.15, -0.1) is 11.8 Å². The summed E-state index contributed by atoms with van der Waals surface area (Å²) in [5, 5.41) is 2.68. The largest absolute Gasteiger partial charge is 0.380 e. The molecule has 1 aliphatic heterocycles. The highest BCUT2D eigenvalue weighted by molar-refractivity contribution is 8.77. The van der Waals surface area contributed by atoms with Gasteiger partial charge in [0.1, 0.15) is 0 Å². The van der Waals surface area contributed by atoms with Crippen molar-refractivity contribution in [3.05, 3.63) is 0 Å². The summed E-state index contributed by atoms with van der Waals surface area (Å²) in [7, 11) is 3.91. The Morgan fingerprint density at radius 1 is 0.756 bits per heavy atom. The average molecular weight is 711 g/mol. The highest BCUT2D eigenvalue weighted by Crippen LogP contribution is 2.42. The van der Waals surface area contributed by atoms with E-state index in [1.54, 1.807) is 23.5 Å². The van der Waals surface area contributed by atoms with Gasteiger partial charge in [0.25, 0.3) is 0 Å². The third-order valence-corrected chi connectivity index (χ3v) is 12.4. The van der Waals surface area contributed by atoms with E-state index in [0.717, 1.165) is 18.8 Å². The summed E-state index contributed by atoms with van der Waals surface area (Å²) in [6.45, 7) is 40.5. The lowest BCUT2D eigenvalue weighted by Gasteiger charge is -2.30. The molecular formula is C35H70N2O4S4. The molecule has 1 rings (SSSR count). The second-order valence-electron chi connectivity index (χ2n) is 17.9. The van der Waals surface area contributed by atoms with E-state index in [4.69, 9.17) is 4.74 Å². The zero-order chi connectivity index (χ0) is 36.1. The van der Waals surface area contributed by atoms with Gasteiger partial charge in [0, 0.05) is 39.4 Å². The van der Waals surface area contributed by atoms with Crippen LogP contribution in [0.25, 0.3) is 0 Å². The van der Waals surface area contributed by atoms with Crippen LogP contribution in [0.4, 0.5) is 0 Å². The molecule has 10 heteroatoms. The topological polar surface area (TPSA) is 75.7 Å². The molecular weight excluding hydrogens is 641 g/mol. The standard InChI is InChI=1S/C15H31NO2S.C12H21NO2S.C8H18S2/c1-14(2,3)7-9-18-10-8-16-13(17)11-19-12-15(4,5)6;1-11(2,3)13-9(14)7-8(10(13)15)16-12(4,5)6;1-7(2,3)9-10-8(4,5)6/h7-12H2,1-6H3,(H,16,17);8H,7H2,1-6H3;1-6H3. The summed E-state index contributed by atoms with van der Waals surface area (Å²) in [6.07, 6.45) is 1.39. The number of carbonyl (C=O) groups excluding carboxylic acids is 3. The molecule has 1 fully saturated rings. The minimum atomic E-state index is -0.401. The van der Waals surface area contributed by atoms with Crippen molar-refractivity contribution in [1.82, 2.24) is 10.2 Å². The first kappa shape index (κ1) is 47.1. The van der Waals surface area contributed by atoms with Crippen LogP contribution in [0.5, 0.6) is 0 Å². The van der Waals surface area contributed by atoms with Gasteiger partial charge in [0.05, 0.1) is 17.6 Å². The number of imide groups is 1. The third-order valence-electron chi connectivity index (χ3n) is 5.15. The molecule has 0 radical (unpaired) electrons. The minimum absolute atomic E-state index is 0.00843. The van der Waals surface area contributed by atoms with Crippen LogP contribution < -0.4 is 5.32 Å². The molecule has 0 spiro atoms. The second kappa shape index (κ2) is 19.8. The van der Waals surface area contributed by atoms with Crippen molar-refractivity contribution in [3.63, 3.8) is 0 Å². The fourth-order valence-corrected chi connectivity index (χ4v) is 7.61. The number of ether oxygens (including phenoxy) is 1. The van der Waals surface area contributed by atoms with Crippen LogP contribution in [0.2, 0.25) is 0 Å². The Morgan fingerprint density at radius 2 is 1.24 bits per heavy atom. The van der Waals surface area contributed by atoms with Gasteiger partial charge in [0.15, 0.2) is 0 Å². The first-order valence-corrected chi connectivity index (χ1v) is 20.4. The average Bonchev–Trinajstić information content (AvgIpc) is 3.04. The Bertz CT molecular complexity index is 870. The van der Waals surface area contributed by atoms with Crippen LogP contribution in [0, 0.1) is 10.8 Å². The number of likely N-dealkylation sites (tertiary alicyclic amines) is 1. The molecule has 0 aliphatic carbocycles. The highest BCUT2D eigenvalue weighted by atomic mass is 33.1. The van der Waals surface area contributed by atoms with Crippen molar-refractivity contribution >= 4 is 62.8 Å². The molecule has 268 valence electrons. The van der Waals surface area contributed by atoms with Crippen molar-refractivity contribution in [1.29, 1.82) is 0 Å². The summed E-state index contributed by atoms with van der Waals surface area (Å²) in [5.74, 6) is 1.58. The summed E-state index contributed by atoms with van der Waals surface area (Å²) in [6, 6.07) is 0. The van der Waals surface area contributed by atoms with Crippen molar-refractivity contribution < 1.29 is 19.1 Å². The molecule has 45 heavy (non-hydrogen) atoms. The quantitative estimate of drug-likeness (QED) is 0.137. The van der Waals surface area contributed by atoms with Crippen molar-refractivity contribution in [2.75, 3.05) is 31.3 Å². The monoisotopic (exact) mass is 710 g/mol. The Morgan fingerprint density at radius 3 is 1.60 bits per heavy atom. The van der Waals surface area contributed by atoms with Gasteiger partial charge >= 0.3 is 0 Å². The van der Waals surface area contributed by atoms with Gasteiger partial charge in [-0.2, -0.15) is 11.8 Å². The lowest BCUT2D eigenvalue weighted by Crippen LogP contribution is -2.46. The molecule has 0 bridgehead atoms. The molecule has 0 aromatic rings. The highest BCUT2D eigenvalue weighted by Gasteiger charge is 2.45. The van der Waals surface area contributed by atoms with Crippen LogP contribution in [0.15, 0.2) is 0 Å². The number of carbonyl (C=O) groups is 3. The van der Waals surface area contributed by atoms with Crippen molar-refractivity contribution in [3.8, 4) is 0 Å². The van der Waals surface area contributed by atoms with E-state index in [1.165, 1.54) is 4.90 Å². The molecule has 1 aliphatic rings. The van der Waals surface area contributed by atoms with E-state index in [2.05, 4.69) is 109 Å². The van der Waals surface area contributed by atoms with Gasteiger partial charge in [-0.25, -0.2) is 0 Å². The fraction of sp³-hybridized carbons (Fsp3) is 0.914. The van der Waals surface area contributed by atoms with Gasteiger partial charge in [-0.05, 0) is 43.8 Å².